The van der Waals surface area contributed by atoms with Crippen LogP contribution in [0.3, 0.4) is 0 Å². The van der Waals surface area contributed by atoms with Crippen molar-refractivity contribution in [1.29, 1.82) is 0 Å². The first kappa shape index (κ1) is 23.3. The molecule has 1 N–H and O–H groups in total. The van der Waals surface area contributed by atoms with Crippen LogP contribution in [0.5, 0.6) is 5.75 Å². The summed E-state index contributed by atoms with van der Waals surface area (Å²) in [6.07, 6.45) is 1.44. The lowest BCUT2D eigenvalue weighted by Crippen LogP contribution is -2.54. The molecule has 0 aliphatic carbocycles. The molecule has 4 amide bonds. The maximum atomic E-state index is 13.3. The zero-order chi connectivity index (χ0) is 24.4. The number of nitrogens with zero attached hydrogens (tertiary/aromatic N) is 1. The first-order valence-electron chi connectivity index (χ1n) is 10.7. The first-order valence-corrected chi connectivity index (χ1v) is 11.1. The van der Waals surface area contributed by atoms with E-state index in [0.29, 0.717) is 34.2 Å². The molecule has 172 valence electrons. The van der Waals surface area contributed by atoms with Crippen LogP contribution in [-0.2, 0) is 16.2 Å². The third-order valence-corrected chi connectivity index (χ3v) is 5.89. The Labute approximate surface area is 202 Å². The fraction of sp³-hybridized carbons (Fsp3) is 0.148. The van der Waals surface area contributed by atoms with Gasteiger partial charge in [-0.25, -0.2) is 9.69 Å². The summed E-state index contributed by atoms with van der Waals surface area (Å²) in [5, 5.41) is 2.65. The molecule has 7 heteroatoms. The van der Waals surface area contributed by atoms with Gasteiger partial charge in [-0.1, -0.05) is 65.2 Å². The van der Waals surface area contributed by atoms with Crippen LogP contribution in [0.15, 0.2) is 66.2 Å². The lowest BCUT2D eigenvalue weighted by Gasteiger charge is -2.27. The normalized spacial score (nSPS) is 15.0. The van der Waals surface area contributed by atoms with Crippen LogP contribution in [0.4, 0.5) is 10.5 Å². The molecule has 0 spiro atoms. The van der Waals surface area contributed by atoms with Crippen LogP contribution in [-0.4, -0.2) is 17.8 Å². The topological polar surface area (TPSA) is 75.7 Å². The number of anilines is 1. The van der Waals surface area contributed by atoms with Gasteiger partial charge in [-0.2, -0.15) is 0 Å². The number of urea groups is 1. The summed E-state index contributed by atoms with van der Waals surface area (Å²) in [6, 6.07) is 17.4. The second-order valence-electron chi connectivity index (χ2n) is 8.16. The number of hydrogen-bond acceptors (Lipinski definition) is 4. The van der Waals surface area contributed by atoms with Crippen molar-refractivity contribution >= 4 is 41.2 Å². The number of imide groups is 2. The Balaban J connectivity index is 1.66. The second-order valence-corrected chi connectivity index (χ2v) is 8.57. The van der Waals surface area contributed by atoms with Crippen molar-refractivity contribution in [1.82, 2.24) is 5.32 Å². The number of halogens is 1. The van der Waals surface area contributed by atoms with Crippen molar-refractivity contribution in [3.63, 3.8) is 0 Å². The number of carbonyl (C=O) groups is 3. The predicted octanol–water partition coefficient (Wildman–Crippen LogP) is 5.51. The van der Waals surface area contributed by atoms with E-state index >= 15 is 0 Å². The standard InChI is InChI=1S/C27H23ClN2O4/c1-16-11-17(2)13-19(12-16)15-34-24-10-5-4-7-20(24)14-21-25(31)29-27(33)30(26(21)32)23-9-6-8-22(28)18(23)3/h4-14H,15H2,1-3H3,(H,29,31,33)/b21-14+. The molecule has 0 bridgehead atoms. The molecular weight excluding hydrogens is 452 g/mol. The largest absolute Gasteiger partial charge is 0.488 e. The molecule has 3 aromatic rings. The molecule has 34 heavy (non-hydrogen) atoms. The number of benzene rings is 3. The van der Waals surface area contributed by atoms with E-state index in [-0.39, 0.29) is 5.57 Å². The predicted molar refractivity (Wildman–Crippen MR) is 132 cm³/mol. The Morgan fingerprint density at radius 1 is 0.941 bits per heavy atom. The summed E-state index contributed by atoms with van der Waals surface area (Å²) in [5.41, 5.74) is 4.52. The molecule has 0 radical (unpaired) electrons. The minimum atomic E-state index is -0.822. The molecule has 1 heterocycles. The highest BCUT2D eigenvalue weighted by Crippen LogP contribution is 2.30. The van der Waals surface area contributed by atoms with Crippen LogP contribution in [0.2, 0.25) is 5.02 Å². The smallest absolute Gasteiger partial charge is 0.335 e. The zero-order valence-electron chi connectivity index (χ0n) is 19.0. The Morgan fingerprint density at radius 3 is 2.38 bits per heavy atom. The molecule has 1 aliphatic heterocycles. The fourth-order valence-corrected chi connectivity index (χ4v) is 4.08. The molecule has 0 atom stereocenters. The van der Waals surface area contributed by atoms with Crippen LogP contribution in [0, 0.1) is 20.8 Å². The number of carbonyl (C=O) groups excluding carboxylic acids is 3. The van der Waals surface area contributed by atoms with Gasteiger partial charge in [0.1, 0.15) is 17.9 Å². The van der Waals surface area contributed by atoms with Gasteiger partial charge < -0.3 is 4.74 Å². The van der Waals surface area contributed by atoms with Gasteiger partial charge in [0.25, 0.3) is 11.8 Å². The molecule has 6 nitrogen and oxygen atoms in total. The molecule has 1 saturated heterocycles. The van der Waals surface area contributed by atoms with Gasteiger partial charge in [-0.15, -0.1) is 0 Å². The number of hydrogen-bond donors (Lipinski definition) is 1. The third kappa shape index (κ3) is 4.72. The molecule has 1 aliphatic rings. The third-order valence-electron chi connectivity index (χ3n) is 5.48. The van der Waals surface area contributed by atoms with Crippen molar-refractivity contribution in [3.05, 3.63) is 99.1 Å². The summed E-state index contributed by atoms with van der Waals surface area (Å²) < 4.78 is 6.03. The van der Waals surface area contributed by atoms with E-state index in [1.165, 1.54) is 6.08 Å². The molecule has 0 aromatic heterocycles. The highest BCUT2D eigenvalue weighted by molar-refractivity contribution is 6.40. The number of ether oxygens (including phenoxy) is 1. The summed E-state index contributed by atoms with van der Waals surface area (Å²) in [4.78, 5) is 39.3. The van der Waals surface area contributed by atoms with Gasteiger partial charge in [0.2, 0.25) is 0 Å². The fourth-order valence-electron chi connectivity index (χ4n) is 3.91. The monoisotopic (exact) mass is 474 g/mol. The summed E-state index contributed by atoms with van der Waals surface area (Å²) in [6.45, 7) is 6.08. The van der Waals surface area contributed by atoms with Crippen molar-refractivity contribution in [2.75, 3.05) is 4.90 Å². The van der Waals surface area contributed by atoms with Crippen molar-refractivity contribution in [2.45, 2.75) is 27.4 Å². The van der Waals surface area contributed by atoms with E-state index < -0.39 is 17.8 Å². The van der Waals surface area contributed by atoms with E-state index in [1.54, 1.807) is 43.3 Å². The van der Waals surface area contributed by atoms with E-state index in [2.05, 4.69) is 11.4 Å². The van der Waals surface area contributed by atoms with Crippen LogP contribution in [0.1, 0.15) is 27.8 Å². The number of nitrogens with one attached hydrogen (secondary N) is 1. The van der Waals surface area contributed by atoms with Crippen molar-refractivity contribution in [2.24, 2.45) is 0 Å². The highest BCUT2D eigenvalue weighted by Gasteiger charge is 2.37. The van der Waals surface area contributed by atoms with Gasteiger partial charge in [0, 0.05) is 10.6 Å². The van der Waals surface area contributed by atoms with E-state index in [9.17, 15) is 14.4 Å². The number of barbiturate groups is 1. The maximum absolute atomic E-state index is 13.3. The lowest BCUT2D eigenvalue weighted by atomic mass is 10.0. The molecule has 1 fully saturated rings. The Morgan fingerprint density at radius 2 is 1.65 bits per heavy atom. The summed E-state index contributed by atoms with van der Waals surface area (Å²) in [7, 11) is 0. The molecule has 0 saturated carbocycles. The molecule has 4 rings (SSSR count). The zero-order valence-corrected chi connectivity index (χ0v) is 19.8. The van der Waals surface area contributed by atoms with E-state index in [0.717, 1.165) is 21.6 Å². The SMILES string of the molecule is Cc1cc(C)cc(COc2ccccc2/C=C2\C(=O)NC(=O)N(c3cccc(Cl)c3C)C2=O)c1. The molecule has 0 unspecified atom stereocenters. The Hall–Kier alpha value is -3.90. The summed E-state index contributed by atoms with van der Waals surface area (Å²) in [5.74, 6) is -0.990. The molecular formula is C27H23ClN2O4. The van der Waals surface area contributed by atoms with Gasteiger partial charge in [-0.05, 0) is 56.2 Å². The first-order chi connectivity index (χ1) is 16.2. The number of rotatable bonds is 5. The maximum Gasteiger partial charge on any atom is 0.335 e. The average Bonchev–Trinajstić information content (AvgIpc) is 2.78. The van der Waals surface area contributed by atoms with Crippen molar-refractivity contribution in [3.8, 4) is 5.75 Å². The Bertz CT molecular complexity index is 1330. The van der Waals surface area contributed by atoms with Crippen molar-refractivity contribution < 1.29 is 19.1 Å². The Kier molecular flexibility index (Phi) is 6.52. The summed E-state index contributed by atoms with van der Waals surface area (Å²) >= 11 is 6.18. The minimum Gasteiger partial charge on any atom is -0.488 e. The number of amides is 4. The van der Waals surface area contributed by atoms with Crippen LogP contribution >= 0.6 is 11.6 Å². The van der Waals surface area contributed by atoms with Gasteiger partial charge >= 0.3 is 6.03 Å². The quantitative estimate of drug-likeness (QED) is 0.390. The highest BCUT2D eigenvalue weighted by atomic mass is 35.5. The average molecular weight is 475 g/mol. The van der Waals surface area contributed by atoms with Crippen LogP contribution < -0.4 is 15.0 Å². The van der Waals surface area contributed by atoms with E-state index in [1.807, 2.05) is 32.0 Å². The minimum absolute atomic E-state index is 0.179. The van der Waals surface area contributed by atoms with Gasteiger partial charge in [0.15, 0.2) is 0 Å². The number of para-hydroxylation sites is 1. The lowest BCUT2D eigenvalue weighted by molar-refractivity contribution is -0.122. The van der Waals surface area contributed by atoms with E-state index in [4.69, 9.17) is 16.3 Å². The molecule has 3 aromatic carbocycles. The van der Waals surface area contributed by atoms with Gasteiger partial charge in [0.05, 0.1) is 5.69 Å². The van der Waals surface area contributed by atoms with Gasteiger partial charge in [-0.3, -0.25) is 14.9 Å². The van der Waals surface area contributed by atoms with Crippen LogP contribution in [0.25, 0.3) is 6.08 Å². The number of aryl methyl sites for hydroxylation is 2. The second kappa shape index (κ2) is 9.53.